The molecule has 0 saturated heterocycles. The summed E-state index contributed by atoms with van der Waals surface area (Å²) in [4.78, 5) is 13.1. The topological polar surface area (TPSA) is 40.5 Å². The lowest BCUT2D eigenvalue weighted by Gasteiger charge is -2.23. The second-order valence-electron chi connectivity index (χ2n) is 3.56. The van der Waals surface area contributed by atoms with E-state index in [9.17, 15) is 4.79 Å². The maximum Gasteiger partial charge on any atom is 0.298 e. The minimum absolute atomic E-state index is 0.0612. The van der Waals surface area contributed by atoms with Gasteiger partial charge in [-0.15, -0.1) is 0 Å². The Bertz CT molecular complexity index is 425. The lowest BCUT2D eigenvalue weighted by Crippen LogP contribution is -2.28. The molecule has 0 heterocycles. The molecule has 84 valence electrons. The molecule has 0 radical (unpaired) electrons. The third-order valence-corrected chi connectivity index (χ3v) is 2.51. The molecule has 16 heavy (non-hydrogen) atoms. The Morgan fingerprint density at radius 3 is 2.44 bits per heavy atom. The van der Waals surface area contributed by atoms with E-state index in [1.165, 1.54) is 0 Å². The Kier molecular flexibility index (Phi) is 3.96. The van der Waals surface area contributed by atoms with Gasteiger partial charge in [-0.2, -0.15) is 0 Å². The van der Waals surface area contributed by atoms with Gasteiger partial charge in [0.1, 0.15) is 5.75 Å². The highest BCUT2D eigenvalue weighted by atomic mass is 16.3. The van der Waals surface area contributed by atoms with Gasteiger partial charge in [-0.05, 0) is 37.5 Å². The SMILES string of the molecule is CC#CC(=O)N(C)C(C)c1ccc(O)cc1. The van der Waals surface area contributed by atoms with Crippen LogP contribution in [0.5, 0.6) is 5.75 Å². The van der Waals surface area contributed by atoms with Crippen molar-refractivity contribution < 1.29 is 9.90 Å². The summed E-state index contributed by atoms with van der Waals surface area (Å²) in [6, 6.07) is 6.74. The Morgan fingerprint density at radius 1 is 1.38 bits per heavy atom. The van der Waals surface area contributed by atoms with E-state index in [0.29, 0.717) is 0 Å². The summed E-state index contributed by atoms with van der Waals surface area (Å²) in [6.07, 6.45) is 0. The molecule has 0 bridgehead atoms. The molecule has 0 aliphatic heterocycles. The van der Waals surface area contributed by atoms with Gasteiger partial charge >= 0.3 is 0 Å². The van der Waals surface area contributed by atoms with Crippen LogP contribution in [0.3, 0.4) is 0 Å². The van der Waals surface area contributed by atoms with Gasteiger partial charge < -0.3 is 10.0 Å². The zero-order valence-corrected chi connectivity index (χ0v) is 9.69. The number of hydrogen-bond acceptors (Lipinski definition) is 2. The monoisotopic (exact) mass is 217 g/mol. The number of carbonyl (C=O) groups is 1. The van der Waals surface area contributed by atoms with Gasteiger partial charge in [-0.25, -0.2) is 0 Å². The van der Waals surface area contributed by atoms with E-state index in [2.05, 4.69) is 11.8 Å². The normalized spacial score (nSPS) is 11.2. The van der Waals surface area contributed by atoms with Crippen LogP contribution in [0.1, 0.15) is 25.5 Å². The van der Waals surface area contributed by atoms with E-state index in [1.807, 2.05) is 6.92 Å². The highest BCUT2D eigenvalue weighted by molar-refractivity contribution is 5.93. The molecule has 0 aromatic heterocycles. The van der Waals surface area contributed by atoms with Crippen molar-refractivity contribution in [1.29, 1.82) is 0 Å². The molecule has 1 rings (SSSR count). The molecule has 1 atom stereocenters. The fourth-order valence-corrected chi connectivity index (χ4v) is 1.35. The lowest BCUT2D eigenvalue weighted by molar-refractivity contribution is -0.125. The molecule has 1 aromatic carbocycles. The van der Waals surface area contributed by atoms with Crippen LogP contribution in [0.4, 0.5) is 0 Å². The largest absolute Gasteiger partial charge is 0.508 e. The van der Waals surface area contributed by atoms with Crippen LogP contribution in [-0.4, -0.2) is 23.0 Å². The first kappa shape index (κ1) is 12.1. The first-order valence-electron chi connectivity index (χ1n) is 5.04. The van der Waals surface area contributed by atoms with E-state index in [-0.39, 0.29) is 17.7 Å². The minimum atomic E-state index is -0.205. The second-order valence-corrected chi connectivity index (χ2v) is 3.56. The van der Waals surface area contributed by atoms with Gasteiger partial charge in [0.15, 0.2) is 0 Å². The molecule has 3 heteroatoms. The maximum atomic E-state index is 11.5. The predicted molar refractivity (Wildman–Crippen MR) is 62.7 cm³/mol. The fourth-order valence-electron chi connectivity index (χ4n) is 1.35. The Hall–Kier alpha value is -1.95. The molecule has 1 aromatic rings. The van der Waals surface area contributed by atoms with Crippen molar-refractivity contribution in [2.24, 2.45) is 0 Å². The Balaban J connectivity index is 2.84. The van der Waals surface area contributed by atoms with Crippen LogP contribution < -0.4 is 0 Å². The highest BCUT2D eigenvalue weighted by Crippen LogP contribution is 2.20. The van der Waals surface area contributed by atoms with Gasteiger partial charge in [0.25, 0.3) is 5.91 Å². The molecule has 1 unspecified atom stereocenters. The minimum Gasteiger partial charge on any atom is -0.508 e. The number of phenols is 1. The molecule has 0 aliphatic carbocycles. The Morgan fingerprint density at radius 2 is 1.94 bits per heavy atom. The van der Waals surface area contributed by atoms with Gasteiger partial charge in [0.05, 0.1) is 6.04 Å². The quantitative estimate of drug-likeness (QED) is 0.769. The smallest absolute Gasteiger partial charge is 0.298 e. The van der Waals surface area contributed by atoms with Crippen LogP contribution in [0.25, 0.3) is 0 Å². The summed E-state index contributed by atoms with van der Waals surface area (Å²) < 4.78 is 0. The van der Waals surface area contributed by atoms with Gasteiger partial charge in [0.2, 0.25) is 0 Å². The van der Waals surface area contributed by atoms with Crippen molar-refractivity contribution in [3.05, 3.63) is 29.8 Å². The van der Waals surface area contributed by atoms with Crippen molar-refractivity contribution in [3.63, 3.8) is 0 Å². The van der Waals surface area contributed by atoms with Crippen LogP contribution in [-0.2, 0) is 4.79 Å². The standard InChI is InChI=1S/C13H15NO2/c1-4-5-13(16)14(3)10(2)11-6-8-12(15)9-7-11/h6-10,15H,1-3H3. The van der Waals surface area contributed by atoms with E-state index in [0.717, 1.165) is 5.56 Å². The van der Waals surface area contributed by atoms with Gasteiger partial charge in [0, 0.05) is 7.05 Å². The number of rotatable bonds is 2. The lowest BCUT2D eigenvalue weighted by atomic mass is 10.1. The summed E-state index contributed by atoms with van der Waals surface area (Å²) in [5, 5.41) is 9.17. The van der Waals surface area contributed by atoms with Crippen molar-refractivity contribution >= 4 is 5.91 Å². The molecule has 0 aliphatic rings. The Labute approximate surface area is 95.7 Å². The van der Waals surface area contributed by atoms with Gasteiger partial charge in [-0.3, -0.25) is 4.79 Å². The maximum absolute atomic E-state index is 11.5. The highest BCUT2D eigenvalue weighted by Gasteiger charge is 2.15. The number of phenolic OH excluding ortho intramolecular Hbond substituents is 1. The summed E-state index contributed by atoms with van der Waals surface area (Å²) in [7, 11) is 1.71. The molecule has 3 nitrogen and oxygen atoms in total. The number of carbonyl (C=O) groups excluding carboxylic acids is 1. The molecular formula is C13H15NO2. The van der Waals surface area contributed by atoms with E-state index in [4.69, 9.17) is 5.11 Å². The van der Waals surface area contributed by atoms with Crippen molar-refractivity contribution in [2.45, 2.75) is 19.9 Å². The summed E-state index contributed by atoms with van der Waals surface area (Å²) >= 11 is 0. The number of amides is 1. The number of aromatic hydroxyl groups is 1. The fraction of sp³-hybridized carbons (Fsp3) is 0.308. The molecule has 0 saturated carbocycles. The molecule has 0 fully saturated rings. The van der Waals surface area contributed by atoms with Gasteiger partial charge in [-0.1, -0.05) is 18.1 Å². The van der Waals surface area contributed by atoms with E-state index >= 15 is 0 Å². The second kappa shape index (κ2) is 5.22. The van der Waals surface area contributed by atoms with E-state index < -0.39 is 0 Å². The summed E-state index contributed by atoms with van der Waals surface area (Å²) in [5.41, 5.74) is 0.964. The molecule has 0 spiro atoms. The zero-order chi connectivity index (χ0) is 12.1. The average Bonchev–Trinajstić information content (AvgIpc) is 2.28. The summed E-state index contributed by atoms with van der Waals surface area (Å²) in [5.74, 6) is 5.09. The number of hydrogen-bond donors (Lipinski definition) is 1. The van der Waals surface area contributed by atoms with Crippen LogP contribution >= 0.6 is 0 Å². The van der Waals surface area contributed by atoms with Crippen molar-refractivity contribution in [3.8, 4) is 17.6 Å². The predicted octanol–water partition coefficient (Wildman–Crippen LogP) is 1.93. The van der Waals surface area contributed by atoms with Crippen molar-refractivity contribution in [2.75, 3.05) is 7.05 Å². The summed E-state index contributed by atoms with van der Waals surface area (Å²) in [6.45, 7) is 3.55. The van der Waals surface area contributed by atoms with Crippen LogP contribution in [0, 0.1) is 11.8 Å². The van der Waals surface area contributed by atoms with E-state index in [1.54, 1.807) is 43.1 Å². The molecular weight excluding hydrogens is 202 g/mol. The van der Waals surface area contributed by atoms with Crippen LogP contribution in [0.15, 0.2) is 24.3 Å². The molecule has 1 amide bonds. The first-order valence-corrected chi connectivity index (χ1v) is 5.04. The third-order valence-electron chi connectivity index (χ3n) is 2.51. The third kappa shape index (κ3) is 2.77. The first-order chi connectivity index (χ1) is 7.56. The number of benzene rings is 1. The molecule has 1 N–H and O–H groups in total. The van der Waals surface area contributed by atoms with Crippen molar-refractivity contribution in [1.82, 2.24) is 4.90 Å². The zero-order valence-electron chi connectivity index (χ0n) is 9.69. The number of nitrogens with zero attached hydrogens (tertiary/aromatic N) is 1. The average molecular weight is 217 g/mol. The van der Waals surface area contributed by atoms with Crippen LogP contribution in [0.2, 0.25) is 0 Å².